The number of hydrogen-bond acceptors (Lipinski definition) is 4. The zero-order valence-electron chi connectivity index (χ0n) is 16.9. The van der Waals surface area contributed by atoms with Crippen LogP contribution in [0.25, 0.3) is 0 Å². The van der Waals surface area contributed by atoms with Crippen LogP contribution in [0.5, 0.6) is 11.5 Å². The summed E-state index contributed by atoms with van der Waals surface area (Å²) >= 11 is 0. The van der Waals surface area contributed by atoms with Crippen molar-refractivity contribution in [3.8, 4) is 11.5 Å². The summed E-state index contributed by atoms with van der Waals surface area (Å²) in [6.07, 6.45) is 1.01. The average Bonchev–Trinajstić information content (AvgIpc) is 2.63. The second-order valence-electron chi connectivity index (χ2n) is 5.87. The van der Waals surface area contributed by atoms with Crippen molar-refractivity contribution in [2.24, 2.45) is 5.92 Å². The van der Waals surface area contributed by atoms with Gasteiger partial charge in [-0.25, -0.2) is 0 Å². The lowest BCUT2D eigenvalue weighted by Crippen LogP contribution is -1.98. The Morgan fingerprint density at radius 1 is 1.00 bits per heavy atom. The van der Waals surface area contributed by atoms with E-state index < -0.39 is 4.92 Å². The van der Waals surface area contributed by atoms with Crippen LogP contribution in [0.15, 0.2) is 42.5 Å². The number of ether oxygens (including phenoxy) is 2. The highest BCUT2D eigenvalue weighted by Gasteiger charge is 2.06. The molecule has 0 atom stereocenters. The van der Waals surface area contributed by atoms with Crippen LogP contribution >= 0.6 is 0 Å². The van der Waals surface area contributed by atoms with Crippen LogP contribution in [0, 0.1) is 23.0 Å². The molecular weight excluding hydrogens is 330 g/mol. The van der Waals surface area contributed by atoms with Crippen molar-refractivity contribution < 1.29 is 14.4 Å². The van der Waals surface area contributed by atoms with Gasteiger partial charge in [-0.1, -0.05) is 45.4 Å². The normalized spacial score (nSPS) is 9.38. The lowest BCUT2D eigenvalue weighted by molar-refractivity contribution is -0.384. The molecule has 0 aliphatic heterocycles. The van der Waals surface area contributed by atoms with Crippen molar-refractivity contribution in [2.75, 3.05) is 14.2 Å². The van der Waals surface area contributed by atoms with E-state index >= 15 is 0 Å². The molecule has 0 bridgehead atoms. The minimum atomic E-state index is -0.403. The summed E-state index contributed by atoms with van der Waals surface area (Å²) in [5.74, 6) is 2.46. The van der Waals surface area contributed by atoms with Gasteiger partial charge in [-0.05, 0) is 43.0 Å². The molecule has 0 heterocycles. The van der Waals surface area contributed by atoms with Crippen molar-refractivity contribution in [1.29, 1.82) is 0 Å². The summed E-state index contributed by atoms with van der Waals surface area (Å²) in [5.41, 5.74) is 2.39. The first-order chi connectivity index (χ1) is 12.4. The lowest BCUT2D eigenvalue weighted by Gasteiger charge is -2.11. The van der Waals surface area contributed by atoms with Crippen molar-refractivity contribution in [3.05, 3.63) is 63.7 Å². The molecule has 0 amide bonds. The van der Waals surface area contributed by atoms with Gasteiger partial charge in [-0.3, -0.25) is 10.1 Å². The second-order valence-corrected chi connectivity index (χ2v) is 5.87. The highest BCUT2D eigenvalue weighted by atomic mass is 16.6. The first kappa shape index (κ1) is 23.4. The van der Waals surface area contributed by atoms with Gasteiger partial charge in [-0.2, -0.15) is 0 Å². The maximum absolute atomic E-state index is 10.1. The summed E-state index contributed by atoms with van der Waals surface area (Å²) < 4.78 is 10.5. The zero-order valence-corrected chi connectivity index (χ0v) is 16.9. The van der Waals surface area contributed by atoms with Gasteiger partial charge in [-0.15, -0.1) is 0 Å². The molecule has 5 nitrogen and oxygen atoms in total. The fourth-order valence-electron chi connectivity index (χ4n) is 2.15. The van der Waals surface area contributed by atoms with Crippen LogP contribution in [0.1, 0.15) is 38.8 Å². The molecule has 0 saturated carbocycles. The largest absolute Gasteiger partial charge is 0.497 e. The van der Waals surface area contributed by atoms with Crippen LogP contribution in [0.3, 0.4) is 0 Å². The van der Waals surface area contributed by atoms with Gasteiger partial charge in [0.05, 0.1) is 19.1 Å². The third-order valence-corrected chi connectivity index (χ3v) is 3.36. The summed E-state index contributed by atoms with van der Waals surface area (Å²) in [6.45, 7) is 10.3. The number of aryl methyl sites for hydroxylation is 1. The molecule has 0 N–H and O–H groups in total. The molecule has 144 valence electrons. The third-order valence-electron chi connectivity index (χ3n) is 3.36. The molecule has 0 aliphatic rings. The zero-order chi connectivity index (χ0) is 20.1. The Hall–Kier alpha value is -2.56. The maximum atomic E-state index is 10.1. The lowest BCUT2D eigenvalue weighted by atomic mass is 10.0. The molecule has 0 radical (unpaired) electrons. The minimum Gasteiger partial charge on any atom is -0.497 e. The van der Waals surface area contributed by atoms with Gasteiger partial charge in [0, 0.05) is 12.1 Å². The molecule has 0 aliphatic carbocycles. The van der Waals surface area contributed by atoms with Crippen molar-refractivity contribution >= 4 is 5.69 Å². The molecule has 0 unspecified atom stereocenters. The summed E-state index contributed by atoms with van der Waals surface area (Å²) in [4.78, 5) is 9.71. The number of hydrogen-bond donors (Lipinski definition) is 0. The standard InChI is InChI=1S/C12H18O2.C7H7NO2.C2H6/c1-9(2)7-10-8-11(13-3)5-6-12(10)14-4;1-6-2-4-7(5-3-6)8(9)10;1-2/h5-6,8-9H,7H2,1-4H3;2-5H,1H3;1-2H3. The Morgan fingerprint density at radius 3 is 2.00 bits per heavy atom. The second kappa shape index (κ2) is 12.8. The first-order valence-electron chi connectivity index (χ1n) is 8.79. The van der Waals surface area contributed by atoms with Crippen LogP contribution in [0.4, 0.5) is 5.69 Å². The van der Waals surface area contributed by atoms with E-state index in [9.17, 15) is 10.1 Å². The molecule has 26 heavy (non-hydrogen) atoms. The number of rotatable bonds is 5. The molecule has 2 aromatic rings. The summed E-state index contributed by atoms with van der Waals surface area (Å²) in [7, 11) is 3.38. The highest BCUT2D eigenvalue weighted by molar-refractivity contribution is 5.40. The molecule has 2 aromatic carbocycles. The number of nitro groups is 1. The van der Waals surface area contributed by atoms with Gasteiger partial charge in [0.2, 0.25) is 0 Å². The average molecular weight is 361 g/mol. The van der Waals surface area contributed by atoms with Gasteiger partial charge < -0.3 is 9.47 Å². The number of methoxy groups -OCH3 is 2. The van der Waals surface area contributed by atoms with Crippen LogP contribution in [-0.2, 0) is 6.42 Å². The van der Waals surface area contributed by atoms with E-state index in [2.05, 4.69) is 13.8 Å². The summed E-state index contributed by atoms with van der Waals surface area (Å²) in [6, 6.07) is 12.3. The van der Waals surface area contributed by atoms with E-state index in [0.29, 0.717) is 5.92 Å². The van der Waals surface area contributed by atoms with Gasteiger partial charge >= 0.3 is 0 Å². The molecule has 0 spiro atoms. The van der Waals surface area contributed by atoms with E-state index in [1.807, 2.05) is 39.0 Å². The van der Waals surface area contributed by atoms with E-state index in [-0.39, 0.29) is 5.69 Å². The topological polar surface area (TPSA) is 61.6 Å². The Balaban J connectivity index is 0.000000458. The van der Waals surface area contributed by atoms with Crippen LogP contribution in [0.2, 0.25) is 0 Å². The van der Waals surface area contributed by atoms with E-state index in [1.165, 1.54) is 17.7 Å². The number of benzene rings is 2. The van der Waals surface area contributed by atoms with Gasteiger partial charge in [0.15, 0.2) is 0 Å². The quantitative estimate of drug-likeness (QED) is 0.496. The third kappa shape index (κ3) is 8.51. The molecule has 5 heteroatoms. The number of nitro benzene ring substituents is 1. The van der Waals surface area contributed by atoms with E-state index in [1.54, 1.807) is 26.4 Å². The Bertz CT molecular complexity index is 652. The SMILES string of the molecule is CC.COc1ccc(OC)c(CC(C)C)c1.Cc1ccc([N+](=O)[O-])cc1. The molecule has 2 rings (SSSR count). The molecule has 0 fully saturated rings. The van der Waals surface area contributed by atoms with E-state index in [4.69, 9.17) is 9.47 Å². The van der Waals surface area contributed by atoms with E-state index in [0.717, 1.165) is 23.5 Å². The predicted molar refractivity (Wildman–Crippen MR) is 107 cm³/mol. The number of non-ortho nitro benzene ring substituents is 1. The summed E-state index contributed by atoms with van der Waals surface area (Å²) in [5, 5.41) is 10.1. The monoisotopic (exact) mass is 361 g/mol. The Morgan fingerprint density at radius 2 is 1.58 bits per heavy atom. The first-order valence-corrected chi connectivity index (χ1v) is 8.79. The van der Waals surface area contributed by atoms with Gasteiger partial charge in [0.1, 0.15) is 11.5 Å². The van der Waals surface area contributed by atoms with Crippen molar-refractivity contribution in [2.45, 2.75) is 41.0 Å². The molecular formula is C21H31NO4. The molecule has 0 saturated heterocycles. The highest BCUT2D eigenvalue weighted by Crippen LogP contribution is 2.26. The van der Waals surface area contributed by atoms with Crippen molar-refractivity contribution in [3.63, 3.8) is 0 Å². The fraction of sp³-hybridized carbons (Fsp3) is 0.429. The number of nitrogens with zero attached hydrogens (tertiary/aromatic N) is 1. The van der Waals surface area contributed by atoms with Gasteiger partial charge in [0.25, 0.3) is 5.69 Å². The van der Waals surface area contributed by atoms with Crippen molar-refractivity contribution in [1.82, 2.24) is 0 Å². The smallest absolute Gasteiger partial charge is 0.269 e. The molecule has 0 aromatic heterocycles. The van der Waals surface area contributed by atoms with Crippen LogP contribution < -0.4 is 9.47 Å². The maximum Gasteiger partial charge on any atom is 0.269 e. The van der Waals surface area contributed by atoms with Crippen LogP contribution in [-0.4, -0.2) is 19.1 Å². The fourth-order valence-corrected chi connectivity index (χ4v) is 2.15. The Kier molecular flexibility index (Phi) is 11.5. The Labute approximate surface area is 157 Å². The minimum absolute atomic E-state index is 0.144. The predicted octanol–water partition coefficient (Wildman–Crippen LogP) is 5.83.